The molecule has 0 aromatic carbocycles. The van der Waals surface area contributed by atoms with Crippen molar-refractivity contribution < 1.29 is 23.1 Å². The molecule has 0 saturated heterocycles. The smallest absolute Gasteiger partial charge is 0.401 e. The zero-order valence-corrected chi connectivity index (χ0v) is 12.0. The van der Waals surface area contributed by atoms with Crippen molar-refractivity contribution in [2.24, 2.45) is 0 Å². The SMILES string of the molecule is CCCNC1(C(=O)O)CCCC(N(C)CC(F)(F)F)C1. The van der Waals surface area contributed by atoms with Crippen LogP contribution in [0.1, 0.15) is 39.0 Å². The average molecular weight is 296 g/mol. The maximum Gasteiger partial charge on any atom is 0.401 e. The quantitative estimate of drug-likeness (QED) is 0.789. The molecule has 20 heavy (non-hydrogen) atoms. The molecule has 4 nitrogen and oxygen atoms in total. The van der Waals surface area contributed by atoms with E-state index in [9.17, 15) is 23.1 Å². The van der Waals surface area contributed by atoms with Gasteiger partial charge in [0.1, 0.15) is 5.54 Å². The molecular formula is C13H23F3N2O2. The van der Waals surface area contributed by atoms with Crippen molar-refractivity contribution in [2.75, 3.05) is 20.1 Å². The van der Waals surface area contributed by atoms with Crippen LogP contribution in [0.5, 0.6) is 0 Å². The molecular weight excluding hydrogens is 273 g/mol. The van der Waals surface area contributed by atoms with Crippen LogP contribution >= 0.6 is 0 Å². The fourth-order valence-corrected chi connectivity index (χ4v) is 2.83. The maximum atomic E-state index is 12.4. The van der Waals surface area contributed by atoms with Crippen LogP contribution in [0.3, 0.4) is 0 Å². The van der Waals surface area contributed by atoms with Gasteiger partial charge in [-0.15, -0.1) is 0 Å². The van der Waals surface area contributed by atoms with Gasteiger partial charge in [-0.2, -0.15) is 13.2 Å². The zero-order valence-electron chi connectivity index (χ0n) is 12.0. The van der Waals surface area contributed by atoms with E-state index >= 15 is 0 Å². The van der Waals surface area contributed by atoms with Crippen LogP contribution in [0.4, 0.5) is 13.2 Å². The second-order valence-corrected chi connectivity index (χ2v) is 5.59. The minimum Gasteiger partial charge on any atom is -0.480 e. The Hall–Kier alpha value is -0.820. The molecule has 1 fully saturated rings. The number of nitrogens with one attached hydrogen (secondary N) is 1. The van der Waals surface area contributed by atoms with Gasteiger partial charge in [0.2, 0.25) is 0 Å². The molecule has 0 aliphatic heterocycles. The Morgan fingerprint density at radius 2 is 2.15 bits per heavy atom. The number of halogens is 3. The molecule has 1 aliphatic rings. The minimum atomic E-state index is -4.26. The largest absolute Gasteiger partial charge is 0.480 e. The minimum absolute atomic E-state index is 0.217. The van der Waals surface area contributed by atoms with E-state index in [-0.39, 0.29) is 12.5 Å². The van der Waals surface area contributed by atoms with Crippen molar-refractivity contribution in [3.63, 3.8) is 0 Å². The first kappa shape index (κ1) is 17.2. The first-order valence-electron chi connectivity index (χ1n) is 6.95. The summed E-state index contributed by atoms with van der Waals surface area (Å²) in [7, 11) is 1.41. The molecule has 2 atom stereocenters. The molecule has 118 valence electrons. The van der Waals surface area contributed by atoms with Gasteiger partial charge < -0.3 is 10.4 Å². The van der Waals surface area contributed by atoms with E-state index < -0.39 is 24.2 Å². The van der Waals surface area contributed by atoms with E-state index in [1.54, 1.807) is 0 Å². The number of carbonyl (C=O) groups is 1. The van der Waals surface area contributed by atoms with Crippen LogP contribution in [0.15, 0.2) is 0 Å². The van der Waals surface area contributed by atoms with E-state index in [0.717, 1.165) is 6.42 Å². The highest BCUT2D eigenvalue weighted by molar-refractivity contribution is 5.79. The summed E-state index contributed by atoms with van der Waals surface area (Å²) < 4.78 is 37.3. The first-order chi connectivity index (χ1) is 9.20. The Bertz CT molecular complexity index is 336. The standard InChI is InChI=1S/C13H23F3N2O2/c1-3-7-17-12(11(19)20)6-4-5-10(8-12)18(2)9-13(14,15)16/h10,17H,3-9H2,1-2H3,(H,19,20). The highest BCUT2D eigenvalue weighted by Gasteiger charge is 2.44. The lowest BCUT2D eigenvalue weighted by molar-refractivity contribution is -0.154. The second-order valence-electron chi connectivity index (χ2n) is 5.59. The lowest BCUT2D eigenvalue weighted by Crippen LogP contribution is -2.58. The molecule has 0 aromatic rings. The molecule has 1 rings (SSSR count). The normalized spacial score (nSPS) is 27.8. The molecule has 2 N–H and O–H groups in total. The second kappa shape index (κ2) is 6.76. The van der Waals surface area contributed by atoms with Gasteiger partial charge in [-0.3, -0.25) is 9.69 Å². The van der Waals surface area contributed by atoms with Gasteiger partial charge in [0.05, 0.1) is 6.54 Å². The van der Waals surface area contributed by atoms with Gasteiger partial charge in [0, 0.05) is 6.04 Å². The number of alkyl halides is 3. The van der Waals surface area contributed by atoms with Gasteiger partial charge in [0.25, 0.3) is 0 Å². The van der Waals surface area contributed by atoms with Crippen molar-refractivity contribution in [3.8, 4) is 0 Å². The van der Waals surface area contributed by atoms with Crippen molar-refractivity contribution in [1.29, 1.82) is 0 Å². The predicted molar refractivity (Wildman–Crippen MR) is 69.6 cm³/mol. The fraction of sp³-hybridized carbons (Fsp3) is 0.923. The van der Waals surface area contributed by atoms with E-state index in [2.05, 4.69) is 5.32 Å². The van der Waals surface area contributed by atoms with Crippen LogP contribution in [-0.2, 0) is 4.79 Å². The summed E-state index contributed by atoms with van der Waals surface area (Å²) in [6.07, 6.45) is -1.55. The Balaban J connectivity index is 2.74. The summed E-state index contributed by atoms with van der Waals surface area (Å²) in [4.78, 5) is 12.8. The van der Waals surface area contributed by atoms with Gasteiger partial charge >= 0.3 is 12.1 Å². The van der Waals surface area contributed by atoms with Crippen molar-refractivity contribution in [1.82, 2.24) is 10.2 Å². The molecule has 0 radical (unpaired) electrons. The van der Waals surface area contributed by atoms with Crippen LogP contribution in [0.25, 0.3) is 0 Å². The fourth-order valence-electron chi connectivity index (χ4n) is 2.83. The Morgan fingerprint density at radius 1 is 1.50 bits per heavy atom. The number of hydrogen-bond acceptors (Lipinski definition) is 3. The molecule has 0 spiro atoms. The Morgan fingerprint density at radius 3 is 2.65 bits per heavy atom. The highest BCUT2D eigenvalue weighted by atomic mass is 19.4. The number of aliphatic carboxylic acids is 1. The molecule has 0 amide bonds. The van der Waals surface area contributed by atoms with Gasteiger partial charge in [-0.05, 0) is 45.7 Å². The lowest BCUT2D eigenvalue weighted by atomic mass is 9.78. The number of carboxylic acid groups (broad SMARTS) is 1. The lowest BCUT2D eigenvalue weighted by Gasteiger charge is -2.42. The predicted octanol–water partition coefficient (Wildman–Crippen LogP) is 2.25. The Kier molecular flexibility index (Phi) is 5.82. The summed E-state index contributed by atoms with van der Waals surface area (Å²) in [6, 6.07) is -0.356. The van der Waals surface area contributed by atoms with Crippen LogP contribution < -0.4 is 5.32 Å². The third-order valence-electron chi connectivity index (χ3n) is 3.90. The van der Waals surface area contributed by atoms with E-state index in [0.29, 0.717) is 25.8 Å². The first-order valence-corrected chi connectivity index (χ1v) is 6.95. The van der Waals surface area contributed by atoms with Gasteiger partial charge in [-0.1, -0.05) is 6.92 Å². The molecule has 1 saturated carbocycles. The molecule has 1 aliphatic carbocycles. The molecule has 0 aromatic heterocycles. The van der Waals surface area contributed by atoms with E-state index in [1.807, 2.05) is 6.92 Å². The number of carboxylic acids is 1. The molecule has 0 heterocycles. The Labute approximate surface area is 117 Å². The van der Waals surface area contributed by atoms with Crippen LogP contribution in [-0.4, -0.2) is 53.9 Å². The number of nitrogens with zero attached hydrogens (tertiary/aromatic N) is 1. The van der Waals surface area contributed by atoms with Crippen molar-refractivity contribution in [3.05, 3.63) is 0 Å². The van der Waals surface area contributed by atoms with Gasteiger partial charge in [-0.25, -0.2) is 0 Å². The topological polar surface area (TPSA) is 52.6 Å². The van der Waals surface area contributed by atoms with Crippen molar-refractivity contribution >= 4 is 5.97 Å². The summed E-state index contributed by atoms with van der Waals surface area (Å²) in [5, 5.41) is 12.5. The third-order valence-corrected chi connectivity index (χ3v) is 3.90. The maximum absolute atomic E-state index is 12.4. The number of hydrogen-bond donors (Lipinski definition) is 2. The zero-order chi connectivity index (χ0) is 15.4. The van der Waals surface area contributed by atoms with Crippen LogP contribution in [0, 0.1) is 0 Å². The summed E-state index contributed by atoms with van der Waals surface area (Å²) in [5.74, 6) is -0.962. The summed E-state index contributed by atoms with van der Waals surface area (Å²) in [5.41, 5.74) is -1.08. The van der Waals surface area contributed by atoms with E-state index in [1.165, 1.54) is 11.9 Å². The molecule has 7 heteroatoms. The summed E-state index contributed by atoms with van der Waals surface area (Å²) >= 11 is 0. The summed E-state index contributed by atoms with van der Waals surface area (Å²) in [6.45, 7) is 1.49. The third kappa shape index (κ3) is 4.63. The van der Waals surface area contributed by atoms with Crippen LogP contribution in [0.2, 0.25) is 0 Å². The van der Waals surface area contributed by atoms with Crippen molar-refractivity contribution in [2.45, 2.75) is 56.8 Å². The molecule has 0 bridgehead atoms. The van der Waals surface area contributed by atoms with Gasteiger partial charge in [0.15, 0.2) is 0 Å². The monoisotopic (exact) mass is 296 g/mol. The number of rotatable bonds is 6. The molecule has 2 unspecified atom stereocenters. The highest BCUT2D eigenvalue weighted by Crippen LogP contribution is 2.32. The van der Waals surface area contributed by atoms with E-state index in [4.69, 9.17) is 0 Å². The average Bonchev–Trinajstić information content (AvgIpc) is 2.34.